The van der Waals surface area contributed by atoms with E-state index in [0.29, 0.717) is 13.1 Å². The van der Waals surface area contributed by atoms with Gasteiger partial charge in [-0.3, -0.25) is 19.3 Å². The second kappa shape index (κ2) is 7.31. The van der Waals surface area contributed by atoms with E-state index >= 15 is 0 Å². The lowest BCUT2D eigenvalue weighted by Gasteiger charge is -2.43. The van der Waals surface area contributed by atoms with E-state index in [1.54, 1.807) is 6.92 Å². The molecular formula is C22H21N3O3. The molecule has 0 aliphatic carbocycles. The van der Waals surface area contributed by atoms with Crippen LogP contribution in [0.3, 0.4) is 0 Å². The number of fused-ring (bicyclic) bond motifs is 1. The summed E-state index contributed by atoms with van der Waals surface area (Å²) in [7, 11) is 0. The maximum Gasteiger partial charge on any atom is 0.272 e. The van der Waals surface area contributed by atoms with Gasteiger partial charge in [0.25, 0.3) is 5.91 Å². The molecule has 2 aliphatic rings. The van der Waals surface area contributed by atoms with Crippen molar-refractivity contribution in [2.45, 2.75) is 26.1 Å². The Labute approximate surface area is 163 Å². The Balaban J connectivity index is 1.63. The van der Waals surface area contributed by atoms with E-state index < -0.39 is 6.04 Å². The van der Waals surface area contributed by atoms with Gasteiger partial charge in [-0.15, -0.1) is 0 Å². The SMILES string of the molecule is C[C@H]1C(=O)N(Cc2ccccc2)C=C2C(=O)N(Cc3ccccc3)CC(=O)N21. The van der Waals surface area contributed by atoms with Crippen LogP contribution in [0.4, 0.5) is 0 Å². The molecule has 2 aromatic carbocycles. The van der Waals surface area contributed by atoms with Crippen LogP contribution in [0.15, 0.2) is 72.6 Å². The highest BCUT2D eigenvalue weighted by atomic mass is 16.2. The van der Waals surface area contributed by atoms with Crippen molar-refractivity contribution in [2.75, 3.05) is 6.54 Å². The smallest absolute Gasteiger partial charge is 0.272 e. The maximum atomic E-state index is 13.1. The molecule has 0 unspecified atom stereocenters. The standard InChI is InChI=1S/C22H21N3O3/c1-16-21(27)23(12-17-8-4-2-5-9-17)14-19-22(28)24(15-20(26)25(16)19)13-18-10-6-3-7-11-18/h2-11,14,16H,12-13,15H2,1H3/t16-/m0/s1. The third-order valence-corrected chi connectivity index (χ3v) is 5.08. The minimum Gasteiger partial charge on any atom is -0.324 e. The van der Waals surface area contributed by atoms with Crippen LogP contribution in [-0.2, 0) is 27.5 Å². The Morgan fingerprint density at radius 1 is 0.857 bits per heavy atom. The first kappa shape index (κ1) is 18.0. The van der Waals surface area contributed by atoms with Crippen molar-refractivity contribution in [3.8, 4) is 0 Å². The first-order valence-corrected chi connectivity index (χ1v) is 9.26. The van der Waals surface area contributed by atoms with Gasteiger partial charge in [0, 0.05) is 12.7 Å². The lowest BCUT2D eigenvalue weighted by molar-refractivity contribution is -0.153. The number of piperazine rings is 1. The van der Waals surface area contributed by atoms with Crippen molar-refractivity contribution in [3.05, 3.63) is 83.7 Å². The second-order valence-electron chi connectivity index (χ2n) is 7.05. The molecule has 1 fully saturated rings. The third kappa shape index (κ3) is 3.29. The predicted octanol–water partition coefficient (Wildman–Crippen LogP) is 2.13. The molecule has 2 aromatic rings. The van der Waals surface area contributed by atoms with Gasteiger partial charge >= 0.3 is 0 Å². The summed E-state index contributed by atoms with van der Waals surface area (Å²) in [5.74, 6) is -0.659. The first-order chi connectivity index (χ1) is 13.5. The van der Waals surface area contributed by atoms with Gasteiger partial charge in [-0.05, 0) is 18.1 Å². The number of nitrogens with zero attached hydrogens (tertiary/aromatic N) is 3. The van der Waals surface area contributed by atoms with Gasteiger partial charge in [-0.2, -0.15) is 0 Å². The number of hydrogen-bond donors (Lipinski definition) is 0. The van der Waals surface area contributed by atoms with Crippen molar-refractivity contribution >= 4 is 17.7 Å². The van der Waals surface area contributed by atoms with Gasteiger partial charge in [0.15, 0.2) is 0 Å². The molecule has 0 aromatic heterocycles. The average Bonchev–Trinajstić information content (AvgIpc) is 2.71. The van der Waals surface area contributed by atoms with Crippen molar-refractivity contribution in [1.82, 2.24) is 14.7 Å². The second-order valence-corrected chi connectivity index (χ2v) is 7.05. The van der Waals surface area contributed by atoms with Crippen LogP contribution in [0.5, 0.6) is 0 Å². The maximum absolute atomic E-state index is 13.1. The average molecular weight is 375 g/mol. The molecule has 0 saturated carbocycles. The fraction of sp³-hybridized carbons (Fsp3) is 0.227. The molecule has 2 aliphatic heterocycles. The molecule has 6 nitrogen and oxygen atoms in total. The number of amides is 3. The number of carbonyl (C=O) groups excluding carboxylic acids is 3. The fourth-order valence-corrected chi connectivity index (χ4v) is 3.65. The highest BCUT2D eigenvalue weighted by molar-refractivity contribution is 6.06. The summed E-state index contributed by atoms with van der Waals surface area (Å²) in [5, 5.41) is 0. The summed E-state index contributed by atoms with van der Waals surface area (Å²) in [6, 6.07) is 18.4. The van der Waals surface area contributed by atoms with Crippen LogP contribution in [0, 0.1) is 0 Å². The zero-order valence-corrected chi connectivity index (χ0v) is 15.6. The molecule has 2 heterocycles. The van der Waals surface area contributed by atoms with Crippen LogP contribution < -0.4 is 0 Å². The molecule has 0 N–H and O–H groups in total. The Morgan fingerprint density at radius 2 is 1.43 bits per heavy atom. The van der Waals surface area contributed by atoms with Gasteiger partial charge in [-0.1, -0.05) is 60.7 Å². The minimum atomic E-state index is -0.695. The van der Waals surface area contributed by atoms with E-state index in [4.69, 9.17) is 0 Å². The highest BCUT2D eigenvalue weighted by Crippen LogP contribution is 2.27. The Hall–Kier alpha value is -3.41. The van der Waals surface area contributed by atoms with E-state index in [0.717, 1.165) is 11.1 Å². The molecule has 6 heteroatoms. The van der Waals surface area contributed by atoms with E-state index in [9.17, 15) is 14.4 Å². The lowest BCUT2D eigenvalue weighted by atomic mass is 10.1. The number of hydrogen-bond acceptors (Lipinski definition) is 3. The summed E-state index contributed by atoms with van der Waals surface area (Å²) in [4.78, 5) is 43.0. The van der Waals surface area contributed by atoms with Gasteiger partial charge < -0.3 is 9.80 Å². The normalized spacial score (nSPS) is 19.6. The largest absolute Gasteiger partial charge is 0.324 e. The van der Waals surface area contributed by atoms with Crippen molar-refractivity contribution in [3.63, 3.8) is 0 Å². The van der Waals surface area contributed by atoms with Crippen molar-refractivity contribution in [2.24, 2.45) is 0 Å². The van der Waals surface area contributed by atoms with Crippen LogP contribution in [-0.4, -0.2) is 45.0 Å². The van der Waals surface area contributed by atoms with Crippen LogP contribution >= 0.6 is 0 Å². The van der Waals surface area contributed by atoms with Crippen molar-refractivity contribution < 1.29 is 14.4 Å². The summed E-state index contributed by atoms with van der Waals surface area (Å²) in [6.45, 7) is 2.37. The molecule has 1 saturated heterocycles. The number of carbonyl (C=O) groups is 3. The molecule has 28 heavy (non-hydrogen) atoms. The van der Waals surface area contributed by atoms with E-state index in [1.165, 1.54) is 20.9 Å². The Kier molecular flexibility index (Phi) is 4.69. The monoisotopic (exact) mass is 375 g/mol. The van der Waals surface area contributed by atoms with Gasteiger partial charge in [0.2, 0.25) is 11.8 Å². The Morgan fingerprint density at radius 3 is 2.04 bits per heavy atom. The molecule has 4 rings (SSSR count). The van der Waals surface area contributed by atoms with Crippen molar-refractivity contribution in [1.29, 1.82) is 0 Å². The van der Waals surface area contributed by atoms with Gasteiger partial charge in [-0.25, -0.2) is 0 Å². The molecule has 0 bridgehead atoms. The molecule has 0 radical (unpaired) electrons. The predicted molar refractivity (Wildman–Crippen MR) is 103 cm³/mol. The van der Waals surface area contributed by atoms with Crippen LogP contribution in [0.1, 0.15) is 18.1 Å². The molecular weight excluding hydrogens is 354 g/mol. The molecule has 142 valence electrons. The highest BCUT2D eigenvalue weighted by Gasteiger charge is 2.44. The minimum absolute atomic E-state index is 0.0264. The zero-order chi connectivity index (χ0) is 19.7. The van der Waals surface area contributed by atoms with Gasteiger partial charge in [0.1, 0.15) is 18.3 Å². The van der Waals surface area contributed by atoms with E-state index in [2.05, 4.69) is 0 Å². The topological polar surface area (TPSA) is 60.9 Å². The van der Waals surface area contributed by atoms with Crippen LogP contribution in [0.25, 0.3) is 0 Å². The van der Waals surface area contributed by atoms with Gasteiger partial charge in [0.05, 0.1) is 6.54 Å². The molecule has 3 amide bonds. The number of benzene rings is 2. The number of rotatable bonds is 4. The summed E-state index contributed by atoms with van der Waals surface area (Å²) in [6.07, 6.45) is 1.52. The summed E-state index contributed by atoms with van der Waals surface area (Å²) < 4.78 is 0. The van der Waals surface area contributed by atoms with E-state index in [-0.39, 0.29) is 30.0 Å². The molecule has 0 spiro atoms. The zero-order valence-electron chi connectivity index (χ0n) is 15.6. The fourth-order valence-electron chi connectivity index (χ4n) is 3.65. The lowest BCUT2D eigenvalue weighted by Crippen LogP contribution is -2.60. The summed E-state index contributed by atoms with van der Waals surface area (Å²) >= 11 is 0. The molecule has 1 atom stereocenters. The quantitative estimate of drug-likeness (QED) is 0.823. The third-order valence-electron chi connectivity index (χ3n) is 5.08. The summed E-state index contributed by atoms with van der Waals surface area (Å²) in [5.41, 5.74) is 2.18. The Bertz CT molecular complexity index is 940. The van der Waals surface area contributed by atoms with Crippen LogP contribution in [0.2, 0.25) is 0 Å². The van der Waals surface area contributed by atoms with E-state index in [1.807, 2.05) is 60.7 Å². The first-order valence-electron chi connectivity index (χ1n) is 9.26.